The number of nitrogens with zero attached hydrogens (tertiary/aromatic N) is 2. The minimum absolute atomic E-state index is 0.618. The van der Waals surface area contributed by atoms with E-state index >= 15 is 0 Å². The molecule has 3 nitrogen and oxygen atoms in total. The van der Waals surface area contributed by atoms with Gasteiger partial charge in [0.2, 0.25) is 0 Å². The summed E-state index contributed by atoms with van der Waals surface area (Å²) < 4.78 is 7.95. The van der Waals surface area contributed by atoms with Gasteiger partial charge in [-0.15, -0.1) is 0 Å². The Hall–Kier alpha value is -1.84. The molecule has 0 aliphatic carbocycles. The number of rotatable bonds is 4. The number of morpholine rings is 1. The van der Waals surface area contributed by atoms with Gasteiger partial charge in [0.25, 0.3) is 0 Å². The van der Waals surface area contributed by atoms with Gasteiger partial charge < -0.3 is 9.30 Å². The zero-order valence-corrected chi connectivity index (χ0v) is 13.7. The van der Waals surface area contributed by atoms with Crippen LogP contribution in [-0.2, 0) is 11.3 Å². The fourth-order valence-corrected chi connectivity index (χ4v) is 3.79. The molecule has 0 bridgehead atoms. The molecule has 0 saturated carbocycles. The maximum absolute atomic E-state index is 5.46. The Morgan fingerprint density at radius 2 is 1.43 bits per heavy atom. The minimum Gasteiger partial charge on any atom is -0.379 e. The van der Waals surface area contributed by atoms with E-state index in [1.807, 2.05) is 0 Å². The molecule has 0 radical (unpaired) electrons. The average molecular weight is 308 g/mol. The van der Waals surface area contributed by atoms with Gasteiger partial charge in [-0.2, -0.15) is 0 Å². The molecule has 1 aliphatic heterocycles. The number of hydrogen-bond acceptors (Lipinski definition) is 2. The average Bonchev–Trinajstić information content (AvgIpc) is 2.90. The fraction of sp³-hybridized carbons (Fsp3) is 0.400. The van der Waals surface area contributed by atoms with Crippen molar-refractivity contribution in [1.29, 1.82) is 0 Å². The third-order valence-corrected chi connectivity index (χ3v) is 4.85. The standard InChI is InChI=1S/C20H24N2O/c1-16(14-21-10-12-23-13-11-21)15-22-19-8-4-2-6-17(19)18-7-3-5-9-20(18)22/h2-9,16H,10-15H2,1H3. The summed E-state index contributed by atoms with van der Waals surface area (Å²) in [4.78, 5) is 2.53. The molecule has 1 unspecified atom stereocenters. The van der Waals surface area contributed by atoms with E-state index in [-0.39, 0.29) is 0 Å². The van der Waals surface area contributed by atoms with E-state index in [4.69, 9.17) is 4.74 Å². The van der Waals surface area contributed by atoms with Gasteiger partial charge in [-0.25, -0.2) is 0 Å². The minimum atomic E-state index is 0.618. The van der Waals surface area contributed by atoms with Gasteiger partial charge >= 0.3 is 0 Å². The van der Waals surface area contributed by atoms with Crippen molar-refractivity contribution in [3.8, 4) is 0 Å². The van der Waals surface area contributed by atoms with Crippen LogP contribution in [0.15, 0.2) is 48.5 Å². The first-order valence-corrected chi connectivity index (χ1v) is 8.59. The molecule has 4 rings (SSSR count). The molecule has 1 saturated heterocycles. The zero-order chi connectivity index (χ0) is 15.6. The lowest BCUT2D eigenvalue weighted by molar-refractivity contribution is 0.0309. The van der Waals surface area contributed by atoms with Crippen LogP contribution < -0.4 is 0 Å². The molecular weight excluding hydrogens is 284 g/mol. The number of benzene rings is 2. The fourth-order valence-electron chi connectivity index (χ4n) is 3.79. The summed E-state index contributed by atoms with van der Waals surface area (Å²) in [5, 5.41) is 2.73. The summed E-state index contributed by atoms with van der Waals surface area (Å²) in [6.45, 7) is 8.45. The molecule has 0 N–H and O–H groups in total. The Kier molecular flexibility index (Phi) is 4.06. The van der Waals surface area contributed by atoms with E-state index in [9.17, 15) is 0 Å². The van der Waals surface area contributed by atoms with Crippen molar-refractivity contribution in [2.24, 2.45) is 5.92 Å². The van der Waals surface area contributed by atoms with Gasteiger partial charge in [0.05, 0.1) is 13.2 Å². The summed E-state index contributed by atoms with van der Waals surface area (Å²) in [6, 6.07) is 17.5. The summed E-state index contributed by atoms with van der Waals surface area (Å²) in [6.07, 6.45) is 0. The molecule has 23 heavy (non-hydrogen) atoms. The SMILES string of the molecule is CC(CN1CCOCC1)Cn1c2ccccc2c2ccccc21. The van der Waals surface area contributed by atoms with E-state index < -0.39 is 0 Å². The highest BCUT2D eigenvalue weighted by Crippen LogP contribution is 2.29. The molecule has 1 fully saturated rings. The molecule has 2 aromatic carbocycles. The second-order valence-corrected chi connectivity index (χ2v) is 6.66. The largest absolute Gasteiger partial charge is 0.379 e. The van der Waals surface area contributed by atoms with E-state index in [0.717, 1.165) is 39.4 Å². The molecule has 0 spiro atoms. The lowest BCUT2D eigenvalue weighted by Gasteiger charge is -2.29. The first-order chi connectivity index (χ1) is 11.3. The van der Waals surface area contributed by atoms with Crippen LogP contribution in [-0.4, -0.2) is 42.3 Å². The summed E-state index contributed by atoms with van der Waals surface area (Å²) in [7, 11) is 0. The Morgan fingerprint density at radius 3 is 2.04 bits per heavy atom. The lowest BCUT2D eigenvalue weighted by atomic mass is 10.1. The molecule has 1 atom stereocenters. The molecule has 3 heteroatoms. The van der Waals surface area contributed by atoms with Gasteiger partial charge in [-0.05, 0) is 18.1 Å². The van der Waals surface area contributed by atoms with Crippen LogP contribution >= 0.6 is 0 Å². The molecule has 2 heterocycles. The highest BCUT2D eigenvalue weighted by Gasteiger charge is 2.16. The third kappa shape index (κ3) is 2.87. The van der Waals surface area contributed by atoms with Crippen molar-refractivity contribution in [1.82, 2.24) is 9.47 Å². The Bertz CT molecular complexity index is 748. The molecule has 3 aromatic rings. The Morgan fingerprint density at radius 1 is 0.870 bits per heavy atom. The van der Waals surface area contributed by atoms with Gasteiger partial charge in [0, 0.05) is 48.0 Å². The number of ether oxygens (including phenoxy) is 1. The molecular formula is C20H24N2O. The molecule has 0 amide bonds. The van der Waals surface area contributed by atoms with E-state index in [1.54, 1.807) is 0 Å². The molecule has 1 aliphatic rings. The number of hydrogen-bond donors (Lipinski definition) is 0. The zero-order valence-electron chi connectivity index (χ0n) is 13.7. The van der Waals surface area contributed by atoms with Gasteiger partial charge in [-0.1, -0.05) is 43.3 Å². The van der Waals surface area contributed by atoms with Crippen molar-refractivity contribution < 1.29 is 4.74 Å². The number of para-hydroxylation sites is 2. The lowest BCUT2D eigenvalue weighted by Crippen LogP contribution is -2.39. The second kappa shape index (κ2) is 6.34. The highest BCUT2D eigenvalue weighted by atomic mass is 16.5. The van der Waals surface area contributed by atoms with Crippen molar-refractivity contribution in [3.05, 3.63) is 48.5 Å². The van der Waals surface area contributed by atoms with Crippen LogP contribution in [0.25, 0.3) is 21.8 Å². The van der Waals surface area contributed by atoms with Crippen molar-refractivity contribution in [2.75, 3.05) is 32.8 Å². The first kappa shape index (κ1) is 14.7. The summed E-state index contributed by atoms with van der Waals surface area (Å²) in [5.74, 6) is 0.618. The van der Waals surface area contributed by atoms with Crippen LogP contribution in [0.4, 0.5) is 0 Å². The highest BCUT2D eigenvalue weighted by molar-refractivity contribution is 6.07. The van der Waals surface area contributed by atoms with E-state index in [2.05, 4.69) is 64.9 Å². The predicted molar refractivity (Wildman–Crippen MR) is 95.9 cm³/mol. The smallest absolute Gasteiger partial charge is 0.0594 e. The number of aromatic nitrogens is 1. The Labute approximate surface area is 137 Å². The normalized spacial score (nSPS) is 17.8. The van der Waals surface area contributed by atoms with Gasteiger partial charge in [0.15, 0.2) is 0 Å². The topological polar surface area (TPSA) is 17.4 Å². The quantitative estimate of drug-likeness (QED) is 0.730. The number of fused-ring (bicyclic) bond motifs is 3. The monoisotopic (exact) mass is 308 g/mol. The van der Waals surface area contributed by atoms with Gasteiger partial charge in [0.1, 0.15) is 0 Å². The van der Waals surface area contributed by atoms with Gasteiger partial charge in [-0.3, -0.25) is 4.90 Å². The van der Waals surface area contributed by atoms with E-state index in [0.29, 0.717) is 5.92 Å². The van der Waals surface area contributed by atoms with Crippen LogP contribution in [0, 0.1) is 5.92 Å². The van der Waals surface area contributed by atoms with Crippen LogP contribution in [0.1, 0.15) is 6.92 Å². The first-order valence-electron chi connectivity index (χ1n) is 8.59. The van der Waals surface area contributed by atoms with E-state index in [1.165, 1.54) is 21.8 Å². The third-order valence-electron chi connectivity index (χ3n) is 4.85. The molecule has 1 aromatic heterocycles. The van der Waals surface area contributed by atoms with Crippen molar-refractivity contribution in [3.63, 3.8) is 0 Å². The second-order valence-electron chi connectivity index (χ2n) is 6.66. The maximum Gasteiger partial charge on any atom is 0.0594 e. The van der Waals surface area contributed by atoms with Crippen molar-refractivity contribution >= 4 is 21.8 Å². The van der Waals surface area contributed by atoms with Crippen molar-refractivity contribution in [2.45, 2.75) is 13.5 Å². The summed E-state index contributed by atoms with van der Waals surface area (Å²) in [5.41, 5.74) is 2.70. The Balaban J connectivity index is 1.64. The maximum atomic E-state index is 5.46. The molecule has 120 valence electrons. The van der Waals surface area contributed by atoms with Crippen LogP contribution in [0.2, 0.25) is 0 Å². The predicted octanol–water partition coefficient (Wildman–Crippen LogP) is 3.76. The van der Waals surface area contributed by atoms with Crippen LogP contribution in [0.3, 0.4) is 0 Å². The summed E-state index contributed by atoms with van der Waals surface area (Å²) >= 11 is 0. The van der Waals surface area contributed by atoms with Crippen LogP contribution in [0.5, 0.6) is 0 Å².